The number of carbonyl (C=O) groups excluding carboxylic acids is 2. The van der Waals surface area contributed by atoms with E-state index in [1.807, 2.05) is 0 Å². The Bertz CT molecular complexity index is 487. The van der Waals surface area contributed by atoms with E-state index >= 15 is 0 Å². The van der Waals surface area contributed by atoms with Crippen molar-refractivity contribution in [3.63, 3.8) is 0 Å². The third kappa shape index (κ3) is 3.19. The van der Waals surface area contributed by atoms with Crippen LogP contribution < -0.4 is 5.32 Å². The smallest absolute Gasteiger partial charge is 0.217 e. The number of ketones is 1. The number of hydrogen-bond acceptors (Lipinski definition) is 2. The van der Waals surface area contributed by atoms with Crippen LogP contribution >= 0.6 is 0 Å². The molecule has 19 heavy (non-hydrogen) atoms. The van der Waals surface area contributed by atoms with Crippen molar-refractivity contribution in [2.24, 2.45) is 5.92 Å². The summed E-state index contributed by atoms with van der Waals surface area (Å²) in [5.74, 6) is -0.811. The maximum Gasteiger partial charge on any atom is 0.217 e. The van der Waals surface area contributed by atoms with Gasteiger partial charge in [-0.2, -0.15) is 0 Å². The van der Waals surface area contributed by atoms with Gasteiger partial charge in [-0.15, -0.1) is 0 Å². The number of Topliss-reactive ketones (excluding diaryl/α,β-unsaturated/α-hetero) is 1. The van der Waals surface area contributed by atoms with Crippen molar-refractivity contribution >= 4 is 11.7 Å². The van der Waals surface area contributed by atoms with E-state index in [2.05, 4.69) is 5.32 Å². The second kappa shape index (κ2) is 5.95. The highest BCUT2D eigenvalue weighted by Crippen LogP contribution is 2.33. The van der Waals surface area contributed by atoms with Gasteiger partial charge in [0.25, 0.3) is 0 Å². The largest absolute Gasteiger partial charge is 0.349 e. The lowest BCUT2D eigenvalue weighted by atomic mass is 9.80. The lowest BCUT2D eigenvalue weighted by molar-refractivity contribution is -0.127. The third-order valence-electron chi connectivity index (χ3n) is 3.60. The summed E-state index contributed by atoms with van der Waals surface area (Å²) in [7, 11) is 0. The van der Waals surface area contributed by atoms with Gasteiger partial charge in [-0.3, -0.25) is 9.59 Å². The van der Waals surface area contributed by atoms with Crippen molar-refractivity contribution in [2.75, 3.05) is 0 Å². The monoisotopic (exact) mass is 263 g/mol. The Balaban J connectivity index is 2.32. The average Bonchev–Trinajstić information content (AvgIpc) is 2.37. The molecule has 0 bridgehead atoms. The van der Waals surface area contributed by atoms with Gasteiger partial charge in [-0.1, -0.05) is 24.6 Å². The van der Waals surface area contributed by atoms with Gasteiger partial charge >= 0.3 is 0 Å². The van der Waals surface area contributed by atoms with E-state index in [9.17, 15) is 14.0 Å². The van der Waals surface area contributed by atoms with Crippen molar-refractivity contribution < 1.29 is 14.0 Å². The first-order valence-corrected chi connectivity index (χ1v) is 6.64. The molecule has 1 aromatic carbocycles. The highest BCUT2D eigenvalue weighted by molar-refractivity contribution is 5.83. The topological polar surface area (TPSA) is 46.2 Å². The van der Waals surface area contributed by atoms with E-state index in [4.69, 9.17) is 0 Å². The third-order valence-corrected chi connectivity index (χ3v) is 3.60. The second-order valence-corrected chi connectivity index (χ2v) is 5.02. The Labute approximate surface area is 112 Å². The molecule has 0 saturated heterocycles. The van der Waals surface area contributed by atoms with Gasteiger partial charge in [-0.25, -0.2) is 4.39 Å². The molecule has 1 aromatic rings. The fraction of sp³-hybridized carbons (Fsp3) is 0.467. The minimum absolute atomic E-state index is 0.119. The number of nitrogens with one attached hydrogen (secondary N) is 1. The highest BCUT2D eigenvalue weighted by Gasteiger charge is 2.33. The summed E-state index contributed by atoms with van der Waals surface area (Å²) in [6.45, 7) is 1.39. The maximum absolute atomic E-state index is 13.9. The van der Waals surface area contributed by atoms with E-state index in [-0.39, 0.29) is 23.4 Å². The molecular formula is C15H18FNO2. The Morgan fingerprint density at radius 3 is 2.74 bits per heavy atom. The van der Waals surface area contributed by atoms with Gasteiger partial charge in [0.2, 0.25) is 5.91 Å². The maximum atomic E-state index is 13.9. The summed E-state index contributed by atoms with van der Waals surface area (Å²) in [5, 5.41) is 2.74. The molecule has 2 rings (SSSR count). The Morgan fingerprint density at radius 1 is 1.37 bits per heavy atom. The normalized spacial score (nSPS) is 20.9. The summed E-state index contributed by atoms with van der Waals surface area (Å²) in [4.78, 5) is 23.4. The first-order valence-electron chi connectivity index (χ1n) is 6.64. The number of benzene rings is 1. The molecule has 0 spiro atoms. The molecule has 2 atom stereocenters. The van der Waals surface area contributed by atoms with Crippen LogP contribution in [0.5, 0.6) is 0 Å². The van der Waals surface area contributed by atoms with Crippen LogP contribution in [0, 0.1) is 11.7 Å². The van der Waals surface area contributed by atoms with E-state index in [0.29, 0.717) is 18.4 Å². The molecule has 1 aliphatic carbocycles. The molecular weight excluding hydrogens is 245 g/mol. The first-order chi connectivity index (χ1) is 9.09. The minimum atomic E-state index is -0.550. The molecule has 3 nitrogen and oxygen atoms in total. The molecule has 2 unspecified atom stereocenters. The zero-order valence-corrected chi connectivity index (χ0v) is 11.0. The van der Waals surface area contributed by atoms with Gasteiger partial charge in [-0.05, 0) is 18.9 Å². The van der Waals surface area contributed by atoms with Crippen LogP contribution in [0.4, 0.5) is 4.39 Å². The SMILES string of the molecule is CC(=O)NC(c1ccccc1F)C1CCCCC1=O. The fourth-order valence-electron chi connectivity index (χ4n) is 2.70. The van der Waals surface area contributed by atoms with E-state index < -0.39 is 6.04 Å². The predicted octanol–water partition coefficient (Wildman–Crippen LogP) is 2.76. The summed E-state index contributed by atoms with van der Waals surface area (Å²) < 4.78 is 13.9. The van der Waals surface area contributed by atoms with Crippen LogP contribution in [0.3, 0.4) is 0 Å². The summed E-state index contributed by atoms with van der Waals surface area (Å²) in [6, 6.07) is 5.77. The summed E-state index contributed by atoms with van der Waals surface area (Å²) in [6.07, 6.45) is 3.06. The van der Waals surface area contributed by atoms with Crippen LogP contribution in [0.1, 0.15) is 44.2 Å². The van der Waals surface area contributed by atoms with Crippen molar-refractivity contribution in [2.45, 2.75) is 38.6 Å². The van der Waals surface area contributed by atoms with E-state index in [1.54, 1.807) is 18.2 Å². The molecule has 1 saturated carbocycles. The molecule has 0 heterocycles. The number of rotatable bonds is 3. The van der Waals surface area contributed by atoms with Gasteiger partial charge in [0.1, 0.15) is 11.6 Å². The number of halogens is 1. The molecule has 4 heteroatoms. The van der Waals surface area contributed by atoms with Crippen LogP contribution in [0.25, 0.3) is 0 Å². The molecule has 0 aromatic heterocycles. The van der Waals surface area contributed by atoms with Gasteiger partial charge in [0.15, 0.2) is 0 Å². The molecule has 1 aliphatic rings. The number of hydrogen-bond donors (Lipinski definition) is 1. The predicted molar refractivity (Wildman–Crippen MR) is 69.9 cm³/mol. The van der Waals surface area contributed by atoms with Crippen LogP contribution in [-0.2, 0) is 9.59 Å². The van der Waals surface area contributed by atoms with Gasteiger partial charge in [0, 0.05) is 24.8 Å². The Morgan fingerprint density at radius 2 is 2.11 bits per heavy atom. The molecule has 0 aliphatic heterocycles. The Kier molecular flexibility index (Phi) is 4.30. The molecule has 0 radical (unpaired) electrons. The van der Waals surface area contributed by atoms with Crippen molar-refractivity contribution in [1.29, 1.82) is 0 Å². The lowest BCUT2D eigenvalue weighted by Crippen LogP contribution is -2.37. The summed E-state index contributed by atoms with van der Waals surface area (Å²) in [5.41, 5.74) is 0.401. The zero-order chi connectivity index (χ0) is 13.8. The molecule has 1 fully saturated rings. The van der Waals surface area contributed by atoms with Crippen molar-refractivity contribution in [1.82, 2.24) is 5.32 Å². The zero-order valence-electron chi connectivity index (χ0n) is 11.0. The van der Waals surface area contributed by atoms with Crippen LogP contribution in [0.2, 0.25) is 0 Å². The Hall–Kier alpha value is -1.71. The highest BCUT2D eigenvalue weighted by atomic mass is 19.1. The van der Waals surface area contributed by atoms with E-state index in [1.165, 1.54) is 13.0 Å². The van der Waals surface area contributed by atoms with E-state index in [0.717, 1.165) is 12.8 Å². The second-order valence-electron chi connectivity index (χ2n) is 5.02. The average molecular weight is 263 g/mol. The summed E-state index contributed by atoms with van der Waals surface area (Å²) >= 11 is 0. The standard InChI is InChI=1S/C15H18FNO2/c1-10(18)17-15(11-6-2-4-8-13(11)16)12-7-3-5-9-14(12)19/h2,4,6,8,12,15H,3,5,7,9H2,1H3,(H,17,18). The fourth-order valence-corrected chi connectivity index (χ4v) is 2.70. The number of amides is 1. The number of carbonyl (C=O) groups is 2. The molecule has 102 valence electrons. The first kappa shape index (κ1) is 13.7. The molecule has 1 N–H and O–H groups in total. The minimum Gasteiger partial charge on any atom is -0.349 e. The lowest BCUT2D eigenvalue weighted by Gasteiger charge is -2.30. The van der Waals surface area contributed by atoms with Crippen molar-refractivity contribution in [3.05, 3.63) is 35.6 Å². The quantitative estimate of drug-likeness (QED) is 0.911. The van der Waals surface area contributed by atoms with Gasteiger partial charge in [0.05, 0.1) is 6.04 Å². The van der Waals surface area contributed by atoms with Crippen molar-refractivity contribution in [3.8, 4) is 0 Å². The van der Waals surface area contributed by atoms with Crippen LogP contribution in [0.15, 0.2) is 24.3 Å². The van der Waals surface area contributed by atoms with Crippen LogP contribution in [-0.4, -0.2) is 11.7 Å². The molecule has 1 amide bonds. The van der Waals surface area contributed by atoms with Gasteiger partial charge < -0.3 is 5.32 Å².